The van der Waals surface area contributed by atoms with E-state index in [2.05, 4.69) is 10.2 Å². The summed E-state index contributed by atoms with van der Waals surface area (Å²) in [5.41, 5.74) is 1.04. The molecule has 0 unspecified atom stereocenters. The molecule has 1 N–H and O–H groups in total. The van der Waals surface area contributed by atoms with Gasteiger partial charge >= 0.3 is 0 Å². The standard InChI is InChI=1S/C14H22N2O3S/c1-2-20(17,18)12-11-19-14-6-4-3-5-13(14)16-9-7-15-8-10-16/h3-6,15H,2,7-12H2,1H3. The Hall–Kier alpha value is -1.27. The van der Waals surface area contributed by atoms with Crippen molar-refractivity contribution >= 4 is 15.5 Å². The first kappa shape index (κ1) is 15.1. The molecule has 1 aliphatic rings. The van der Waals surface area contributed by atoms with Crippen molar-refractivity contribution in [2.75, 3.05) is 49.2 Å². The summed E-state index contributed by atoms with van der Waals surface area (Å²) in [7, 11) is -2.98. The van der Waals surface area contributed by atoms with Gasteiger partial charge in [-0.25, -0.2) is 8.42 Å². The fourth-order valence-electron chi connectivity index (χ4n) is 2.17. The van der Waals surface area contributed by atoms with E-state index in [0.29, 0.717) is 0 Å². The van der Waals surface area contributed by atoms with Crippen molar-refractivity contribution in [3.63, 3.8) is 0 Å². The highest BCUT2D eigenvalue weighted by Gasteiger charge is 2.15. The van der Waals surface area contributed by atoms with E-state index in [0.717, 1.165) is 37.6 Å². The van der Waals surface area contributed by atoms with Crippen LogP contribution in [0.25, 0.3) is 0 Å². The van der Waals surface area contributed by atoms with Gasteiger partial charge in [-0.1, -0.05) is 19.1 Å². The van der Waals surface area contributed by atoms with Gasteiger partial charge in [-0.2, -0.15) is 0 Å². The molecule has 0 saturated carbocycles. The number of benzene rings is 1. The lowest BCUT2D eigenvalue weighted by Gasteiger charge is -2.30. The van der Waals surface area contributed by atoms with Gasteiger partial charge in [0.1, 0.15) is 12.4 Å². The van der Waals surface area contributed by atoms with E-state index in [1.807, 2.05) is 24.3 Å². The molecular weight excluding hydrogens is 276 g/mol. The van der Waals surface area contributed by atoms with Crippen molar-refractivity contribution in [3.8, 4) is 5.75 Å². The molecule has 0 atom stereocenters. The van der Waals surface area contributed by atoms with E-state index in [1.165, 1.54) is 0 Å². The SMILES string of the molecule is CCS(=O)(=O)CCOc1ccccc1N1CCNCC1. The molecule has 0 amide bonds. The van der Waals surface area contributed by atoms with Crippen molar-refractivity contribution in [2.45, 2.75) is 6.92 Å². The molecule has 1 fully saturated rings. The number of para-hydroxylation sites is 2. The van der Waals surface area contributed by atoms with Crippen LogP contribution in [0, 0.1) is 0 Å². The van der Waals surface area contributed by atoms with Crippen LogP contribution in [-0.2, 0) is 9.84 Å². The summed E-state index contributed by atoms with van der Waals surface area (Å²) in [5.74, 6) is 0.996. The van der Waals surface area contributed by atoms with Gasteiger partial charge in [0, 0.05) is 31.9 Å². The molecule has 0 bridgehead atoms. The minimum Gasteiger partial charge on any atom is -0.490 e. The van der Waals surface area contributed by atoms with Gasteiger partial charge in [0.15, 0.2) is 9.84 Å². The highest BCUT2D eigenvalue weighted by atomic mass is 32.2. The van der Waals surface area contributed by atoms with Gasteiger partial charge in [-0.3, -0.25) is 0 Å². The quantitative estimate of drug-likeness (QED) is 0.846. The molecule has 0 aliphatic carbocycles. The average Bonchev–Trinajstić information content (AvgIpc) is 2.48. The molecule has 5 nitrogen and oxygen atoms in total. The zero-order chi connectivity index (χ0) is 14.4. The Morgan fingerprint density at radius 3 is 2.65 bits per heavy atom. The smallest absolute Gasteiger partial charge is 0.153 e. The van der Waals surface area contributed by atoms with Crippen molar-refractivity contribution in [3.05, 3.63) is 24.3 Å². The van der Waals surface area contributed by atoms with Crippen molar-refractivity contribution in [2.24, 2.45) is 0 Å². The Balaban J connectivity index is 2.00. The molecule has 112 valence electrons. The third kappa shape index (κ3) is 4.11. The maximum Gasteiger partial charge on any atom is 0.153 e. The first-order valence-corrected chi connectivity index (χ1v) is 8.82. The summed E-state index contributed by atoms with van der Waals surface area (Å²) >= 11 is 0. The van der Waals surface area contributed by atoms with Gasteiger partial charge < -0.3 is 15.0 Å². The minimum atomic E-state index is -2.98. The van der Waals surface area contributed by atoms with Crippen molar-refractivity contribution in [1.29, 1.82) is 0 Å². The minimum absolute atomic E-state index is 0.0688. The van der Waals surface area contributed by atoms with E-state index < -0.39 is 9.84 Å². The number of hydrogen-bond acceptors (Lipinski definition) is 5. The second-order valence-electron chi connectivity index (χ2n) is 4.79. The second-order valence-corrected chi connectivity index (χ2v) is 7.26. The fourth-order valence-corrected chi connectivity index (χ4v) is 2.80. The molecule has 2 rings (SSSR count). The van der Waals surface area contributed by atoms with Crippen LogP contribution in [0.1, 0.15) is 6.92 Å². The van der Waals surface area contributed by atoms with Gasteiger partial charge in [-0.15, -0.1) is 0 Å². The molecule has 6 heteroatoms. The molecule has 0 radical (unpaired) electrons. The van der Waals surface area contributed by atoms with Gasteiger partial charge in [0.05, 0.1) is 11.4 Å². The zero-order valence-corrected chi connectivity index (χ0v) is 12.7. The van der Waals surface area contributed by atoms with E-state index >= 15 is 0 Å². The maximum absolute atomic E-state index is 11.5. The van der Waals surface area contributed by atoms with Crippen LogP contribution in [0.5, 0.6) is 5.75 Å². The molecule has 1 saturated heterocycles. The molecule has 1 aromatic carbocycles. The number of piperazine rings is 1. The first-order chi connectivity index (χ1) is 9.62. The monoisotopic (exact) mass is 298 g/mol. The van der Waals surface area contributed by atoms with Gasteiger partial charge in [0.25, 0.3) is 0 Å². The third-order valence-electron chi connectivity index (χ3n) is 3.41. The molecule has 1 aliphatic heterocycles. The fraction of sp³-hybridized carbons (Fsp3) is 0.571. The molecule has 0 aromatic heterocycles. The van der Waals surface area contributed by atoms with Crippen molar-refractivity contribution < 1.29 is 13.2 Å². The van der Waals surface area contributed by atoms with Gasteiger partial charge in [-0.05, 0) is 12.1 Å². The van der Waals surface area contributed by atoms with Crippen LogP contribution in [0.15, 0.2) is 24.3 Å². The molecule has 20 heavy (non-hydrogen) atoms. The van der Waals surface area contributed by atoms with Gasteiger partial charge in [0.2, 0.25) is 0 Å². The average molecular weight is 298 g/mol. The van der Waals surface area contributed by atoms with Crippen molar-refractivity contribution in [1.82, 2.24) is 5.32 Å². The molecular formula is C14H22N2O3S. The highest BCUT2D eigenvalue weighted by Crippen LogP contribution is 2.28. The number of nitrogens with zero attached hydrogens (tertiary/aromatic N) is 1. The Morgan fingerprint density at radius 1 is 1.25 bits per heavy atom. The predicted octanol–water partition coefficient (Wildman–Crippen LogP) is 0.910. The summed E-state index contributed by atoms with van der Waals surface area (Å²) in [6.45, 7) is 5.65. The van der Waals surface area contributed by atoms with E-state index in [4.69, 9.17) is 4.74 Å². The Kier molecular flexibility index (Phi) is 5.25. The number of ether oxygens (including phenoxy) is 1. The van der Waals surface area contributed by atoms with Crippen LogP contribution in [0.3, 0.4) is 0 Å². The van der Waals surface area contributed by atoms with E-state index in [-0.39, 0.29) is 18.1 Å². The zero-order valence-electron chi connectivity index (χ0n) is 11.8. The lowest BCUT2D eigenvalue weighted by Crippen LogP contribution is -2.43. The van der Waals surface area contributed by atoms with Crippen LogP contribution in [0.4, 0.5) is 5.69 Å². The summed E-state index contributed by atoms with van der Waals surface area (Å²) < 4.78 is 28.6. The number of sulfone groups is 1. The van der Waals surface area contributed by atoms with E-state index in [9.17, 15) is 8.42 Å². The van der Waals surface area contributed by atoms with Crippen LogP contribution in [0.2, 0.25) is 0 Å². The topological polar surface area (TPSA) is 58.6 Å². The largest absolute Gasteiger partial charge is 0.490 e. The molecule has 1 heterocycles. The summed E-state index contributed by atoms with van der Waals surface area (Å²) in [5, 5.41) is 3.31. The molecule has 0 spiro atoms. The summed E-state index contributed by atoms with van der Waals surface area (Å²) in [4.78, 5) is 2.26. The third-order valence-corrected chi connectivity index (χ3v) is 5.08. The number of anilines is 1. The maximum atomic E-state index is 11.5. The van der Waals surface area contributed by atoms with E-state index in [1.54, 1.807) is 6.92 Å². The number of rotatable bonds is 6. The second kappa shape index (κ2) is 6.95. The van der Waals surface area contributed by atoms with Crippen LogP contribution in [-0.4, -0.2) is 52.7 Å². The molecule has 1 aromatic rings. The van der Waals surface area contributed by atoms with Crippen LogP contribution < -0.4 is 15.0 Å². The number of nitrogens with one attached hydrogen (secondary N) is 1. The Labute approximate surface area is 120 Å². The summed E-state index contributed by atoms with van der Waals surface area (Å²) in [6.07, 6.45) is 0. The first-order valence-electron chi connectivity index (χ1n) is 7.00. The Morgan fingerprint density at radius 2 is 1.95 bits per heavy atom. The predicted molar refractivity (Wildman–Crippen MR) is 81.3 cm³/mol. The normalized spacial score (nSPS) is 16.1. The lowest BCUT2D eigenvalue weighted by molar-refractivity contribution is 0.340. The number of hydrogen-bond donors (Lipinski definition) is 1. The van der Waals surface area contributed by atoms with Crippen LogP contribution >= 0.6 is 0 Å². The highest BCUT2D eigenvalue weighted by molar-refractivity contribution is 7.91. The summed E-state index contributed by atoms with van der Waals surface area (Å²) in [6, 6.07) is 7.81. The Bertz CT molecular complexity index is 525. The lowest BCUT2D eigenvalue weighted by atomic mass is 10.2.